The fourth-order valence-corrected chi connectivity index (χ4v) is 2.05. The van der Waals surface area contributed by atoms with Crippen molar-refractivity contribution in [3.8, 4) is 5.75 Å². The van der Waals surface area contributed by atoms with E-state index in [1.807, 2.05) is 42.5 Å². The molecule has 0 aliphatic heterocycles. The van der Waals surface area contributed by atoms with E-state index in [2.05, 4.69) is 15.5 Å². The van der Waals surface area contributed by atoms with Gasteiger partial charge in [0, 0.05) is 6.20 Å². The molecule has 0 radical (unpaired) electrons. The van der Waals surface area contributed by atoms with Crippen LogP contribution in [0.5, 0.6) is 5.75 Å². The summed E-state index contributed by atoms with van der Waals surface area (Å²) in [4.78, 5) is 15.1. The number of H-pyrrole nitrogens is 1. The van der Waals surface area contributed by atoms with E-state index in [0.717, 1.165) is 11.4 Å². The smallest absolute Gasteiger partial charge is 0.307 e. The summed E-state index contributed by atoms with van der Waals surface area (Å²) in [5.41, 5.74) is 3.98. The van der Waals surface area contributed by atoms with Crippen molar-refractivity contribution in [1.29, 1.82) is 0 Å². The number of furan rings is 1. The number of rotatable bonds is 6. The molecule has 6 heteroatoms. The summed E-state index contributed by atoms with van der Waals surface area (Å²) in [6.45, 7) is 2.05. The monoisotopic (exact) mass is 323 g/mol. The summed E-state index contributed by atoms with van der Waals surface area (Å²) in [5, 5.41) is 4.04. The Morgan fingerprint density at radius 2 is 2.00 bits per heavy atom. The molecule has 0 unspecified atom stereocenters. The van der Waals surface area contributed by atoms with Gasteiger partial charge in [0.15, 0.2) is 5.76 Å². The molecule has 0 saturated heterocycles. The van der Waals surface area contributed by atoms with Crippen molar-refractivity contribution < 1.29 is 13.9 Å². The summed E-state index contributed by atoms with van der Waals surface area (Å²) in [6, 6.07) is 16.4. The second-order valence-electron chi connectivity index (χ2n) is 5.09. The molecule has 122 valence electrons. The van der Waals surface area contributed by atoms with E-state index in [1.165, 1.54) is 0 Å². The molecule has 6 nitrogen and oxygen atoms in total. The maximum atomic E-state index is 12.0. The number of hydrazone groups is 1. The minimum atomic E-state index is -0.410. The zero-order valence-electron chi connectivity index (χ0n) is 13.2. The molecular formula is C18H17N3O3. The molecule has 0 saturated carbocycles. The van der Waals surface area contributed by atoms with Crippen LogP contribution >= 0.6 is 0 Å². The molecule has 0 atom stereocenters. The highest BCUT2D eigenvalue weighted by Gasteiger charge is 2.11. The zero-order chi connectivity index (χ0) is 16.8. The number of hydrogen-bond acceptors (Lipinski definition) is 4. The lowest BCUT2D eigenvalue weighted by molar-refractivity contribution is 0.0923. The lowest BCUT2D eigenvalue weighted by atomic mass is 10.3. The summed E-state index contributed by atoms with van der Waals surface area (Å²) in [5.74, 6) is 1.08. The molecule has 0 aliphatic carbocycles. The van der Waals surface area contributed by atoms with E-state index in [4.69, 9.17) is 9.15 Å². The van der Waals surface area contributed by atoms with Crippen molar-refractivity contribution in [2.45, 2.75) is 13.5 Å². The van der Waals surface area contributed by atoms with Gasteiger partial charge >= 0.3 is 5.91 Å². The third-order valence-electron chi connectivity index (χ3n) is 3.32. The minimum absolute atomic E-state index is 0.185. The number of carbonyl (C=O) groups is 1. The Bertz CT molecular complexity index is 820. The van der Waals surface area contributed by atoms with Crippen molar-refractivity contribution in [3.63, 3.8) is 0 Å². The fourth-order valence-electron chi connectivity index (χ4n) is 2.05. The Morgan fingerprint density at radius 1 is 1.17 bits per heavy atom. The normalized spacial score (nSPS) is 11.3. The van der Waals surface area contributed by atoms with Crippen LogP contribution in [-0.4, -0.2) is 16.6 Å². The number of nitrogens with zero attached hydrogens (tertiary/aromatic N) is 1. The Labute approximate surface area is 139 Å². The number of carbonyl (C=O) groups excluding carboxylic acids is 1. The van der Waals surface area contributed by atoms with Crippen LogP contribution in [0.2, 0.25) is 0 Å². The number of hydrogen-bond donors (Lipinski definition) is 2. The highest BCUT2D eigenvalue weighted by Crippen LogP contribution is 2.14. The van der Waals surface area contributed by atoms with Gasteiger partial charge in [-0.1, -0.05) is 18.2 Å². The standard InChI is InChI=1S/C18H17N3O3/c1-13(16-8-5-11-19-16)20-21-18(22)17-10-9-15(24-17)12-23-14-6-3-2-4-7-14/h2-11,19H,12H2,1H3,(H,21,22)/b20-13+. The fraction of sp³-hybridized carbons (Fsp3) is 0.111. The van der Waals surface area contributed by atoms with Crippen molar-refractivity contribution in [3.05, 3.63) is 78.0 Å². The summed E-state index contributed by atoms with van der Waals surface area (Å²) < 4.78 is 11.1. The van der Waals surface area contributed by atoms with Gasteiger partial charge in [0.25, 0.3) is 0 Å². The molecule has 2 aromatic heterocycles. The van der Waals surface area contributed by atoms with E-state index >= 15 is 0 Å². The van der Waals surface area contributed by atoms with Crippen LogP contribution in [0.3, 0.4) is 0 Å². The van der Waals surface area contributed by atoms with Crippen LogP contribution in [0.15, 0.2) is 70.3 Å². The zero-order valence-corrected chi connectivity index (χ0v) is 13.2. The van der Waals surface area contributed by atoms with Crippen LogP contribution in [0, 0.1) is 0 Å². The molecule has 2 heterocycles. The van der Waals surface area contributed by atoms with E-state index < -0.39 is 5.91 Å². The number of ether oxygens (including phenoxy) is 1. The molecule has 3 aromatic rings. The van der Waals surface area contributed by atoms with Crippen LogP contribution in [0.4, 0.5) is 0 Å². The van der Waals surface area contributed by atoms with Crippen LogP contribution in [0.25, 0.3) is 0 Å². The second kappa shape index (κ2) is 7.32. The first-order valence-corrected chi connectivity index (χ1v) is 7.47. The average Bonchev–Trinajstić information content (AvgIpc) is 3.30. The molecule has 1 amide bonds. The highest BCUT2D eigenvalue weighted by atomic mass is 16.5. The van der Waals surface area contributed by atoms with Gasteiger partial charge < -0.3 is 14.1 Å². The molecule has 2 N–H and O–H groups in total. The Kier molecular flexibility index (Phi) is 4.76. The minimum Gasteiger partial charge on any atom is -0.486 e. The van der Waals surface area contributed by atoms with Gasteiger partial charge in [-0.2, -0.15) is 5.10 Å². The Hall–Kier alpha value is -3.28. The van der Waals surface area contributed by atoms with E-state index in [1.54, 1.807) is 25.3 Å². The molecule has 1 aromatic carbocycles. The Balaban J connectivity index is 1.56. The molecule has 0 fully saturated rings. The third-order valence-corrected chi connectivity index (χ3v) is 3.32. The Morgan fingerprint density at radius 3 is 2.75 bits per heavy atom. The largest absolute Gasteiger partial charge is 0.486 e. The average molecular weight is 323 g/mol. The number of aromatic nitrogens is 1. The van der Waals surface area contributed by atoms with Crippen LogP contribution in [0.1, 0.15) is 28.9 Å². The van der Waals surface area contributed by atoms with Gasteiger partial charge in [-0.25, -0.2) is 5.43 Å². The lowest BCUT2D eigenvalue weighted by Gasteiger charge is -2.03. The summed E-state index contributed by atoms with van der Waals surface area (Å²) >= 11 is 0. The molecule has 24 heavy (non-hydrogen) atoms. The molecule has 3 rings (SSSR count). The SMILES string of the molecule is C/C(=N\NC(=O)c1ccc(COc2ccccc2)o1)c1ccc[nH]1. The van der Waals surface area contributed by atoms with Crippen LogP contribution in [-0.2, 0) is 6.61 Å². The maximum absolute atomic E-state index is 12.0. The number of amides is 1. The summed E-state index contributed by atoms with van der Waals surface area (Å²) in [7, 11) is 0. The third kappa shape index (κ3) is 3.92. The molecular weight excluding hydrogens is 306 g/mol. The van der Waals surface area contributed by atoms with Crippen molar-refractivity contribution >= 4 is 11.6 Å². The van der Waals surface area contributed by atoms with Gasteiger partial charge in [0.1, 0.15) is 18.1 Å². The molecule has 0 aliphatic rings. The van der Waals surface area contributed by atoms with Gasteiger partial charge in [0.05, 0.1) is 11.4 Å². The van der Waals surface area contributed by atoms with Gasteiger partial charge in [0.2, 0.25) is 0 Å². The number of nitrogens with one attached hydrogen (secondary N) is 2. The maximum Gasteiger partial charge on any atom is 0.307 e. The quantitative estimate of drug-likeness (QED) is 0.539. The van der Waals surface area contributed by atoms with Gasteiger partial charge in [-0.3, -0.25) is 4.79 Å². The van der Waals surface area contributed by atoms with E-state index in [0.29, 0.717) is 11.5 Å². The van der Waals surface area contributed by atoms with Gasteiger partial charge in [-0.05, 0) is 43.3 Å². The summed E-state index contributed by atoms with van der Waals surface area (Å²) in [6.07, 6.45) is 1.79. The van der Waals surface area contributed by atoms with E-state index in [-0.39, 0.29) is 12.4 Å². The number of aromatic amines is 1. The van der Waals surface area contributed by atoms with Gasteiger partial charge in [-0.15, -0.1) is 0 Å². The molecule has 0 spiro atoms. The second-order valence-corrected chi connectivity index (χ2v) is 5.09. The lowest BCUT2D eigenvalue weighted by Crippen LogP contribution is -2.18. The van der Waals surface area contributed by atoms with Crippen molar-refractivity contribution in [2.75, 3.05) is 0 Å². The first kappa shape index (κ1) is 15.6. The number of benzene rings is 1. The first-order valence-electron chi connectivity index (χ1n) is 7.47. The first-order chi connectivity index (χ1) is 11.7. The predicted molar refractivity (Wildman–Crippen MR) is 90.0 cm³/mol. The van der Waals surface area contributed by atoms with Crippen molar-refractivity contribution in [1.82, 2.24) is 10.4 Å². The highest BCUT2D eigenvalue weighted by molar-refractivity contribution is 5.99. The predicted octanol–water partition coefficient (Wildman–Crippen LogP) is 3.34. The number of para-hydroxylation sites is 1. The van der Waals surface area contributed by atoms with E-state index in [9.17, 15) is 4.79 Å². The van der Waals surface area contributed by atoms with Crippen molar-refractivity contribution in [2.24, 2.45) is 5.10 Å². The molecule has 0 bridgehead atoms. The van der Waals surface area contributed by atoms with Crippen LogP contribution < -0.4 is 10.2 Å². The topological polar surface area (TPSA) is 79.6 Å².